The number of aryl methyl sites for hydroxylation is 2. The van der Waals surface area contributed by atoms with Crippen molar-refractivity contribution in [2.24, 2.45) is 0 Å². The third-order valence-corrected chi connectivity index (χ3v) is 15.3. The summed E-state index contributed by atoms with van der Waals surface area (Å²) in [4.78, 5) is 4.87. The first-order chi connectivity index (χ1) is 47.1. The summed E-state index contributed by atoms with van der Waals surface area (Å²) in [5, 5.41) is 1.93. The topological polar surface area (TPSA) is 35.9 Å². The highest BCUT2D eigenvalue weighted by atomic mass is 16.5. The second-order valence-corrected chi connectivity index (χ2v) is 22.4. The Morgan fingerprint density at radius 3 is 1.83 bits per heavy atom. The van der Waals surface area contributed by atoms with E-state index in [0.29, 0.717) is 28.6 Å². The Hall–Kier alpha value is -9.58. The molecule has 13 aromatic rings. The van der Waals surface area contributed by atoms with Crippen LogP contribution >= 0.6 is 0 Å². The van der Waals surface area contributed by atoms with Gasteiger partial charge in [0.25, 0.3) is 6.33 Å². The molecule has 81 heavy (non-hydrogen) atoms. The Kier molecular flexibility index (Phi) is 7.79. The minimum Gasteiger partial charge on any atom is -0.458 e. The zero-order valence-corrected chi connectivity index (χ0v) is 45.1. The summed E-state index contributed by atoms with van der Waals surface area (Å²) in [6.07, 6.45) is 5.37. The molecule has 10 aromatic carbocycles. The molecule has 1 aliphatic heterocycles. The Balaban J connectivity index is 1.15. The summed E-state index contributed by atoms with van der Waals surface area (Å²) in [5.41, 5.74) is 1.54. The van der Waals surface area contributed by atoms with Gasteiger partial charge in [0.15, 0.2) is 0 Å². The molecule has 5 heteroatoms. The quantitative estimate of drug-likeness (QED) is 0.118. The SMILES string of the molecule is [2H]c1c([2H])c([2H])c(-c2cc3c4c(c2)n(-c2cccc(Oc5ccc6c7ccccc7n(-c7cc(C(C)(C)C)ccn7)c6c5)c2)[c-][n+]4-c2c(-c4ccc(C(C)(C)C)cc4)cc(-c4c(C([2H])([2H])[2H])cccc4C([2H])([2H])[2H])cc2-c2c([2H])c([2H])c([2H])c([2H])c2-c2c([2H])c([2H])c([2H])c([2H])c2-3)c([2H])c1[2H]. The summed E-state index contributed by atoms with van der Waals surface area (Å²) in [5.74, 6) is 1.45. The minimum absolute atomic E-state index is 0.00887. The van der Waals surface area contributed by atoms with Crippen molar-refractivity contribution < 1.29 is 35.3 Å². The van der Waals surface area contributed by atoms with Gasteiger partial charge in [-0.2, -0.15) is 0 Å². The lowest BCUT2D eigenvalue weighted by molar-refractivity contribution is -0.570. The maximum atomic E-state index is 10.1. The van der Waals surface area contributed by atoms with Crippen molar-refractivity contribution in [3.05, 3.63) is 259 Å². The van der Waals surface area contributed by atoms with Gasteiger partial charge in [-0.15, -0.1) is 0 Å². The van der Waals surface area contributed by atoms with Crippen LogP contribution in [0.1, 0.15) is 89.8 Å². The largest absolute Gasteiger partial charge is 0.458 e. The second-order valence-electron chi connectivity index (χ2n) is 22.4. The molecule has 3 aromatic heterocycles. The van der Waals surface area contributed by atoms with Gasteiger partial charge in [0, 0.05) is 31.3 Å². The number of imidazole rings is 1. The van der Waals surface area contributed by atoms with Crippen LogP contribution in [0.2, 0.25) is 0 Å². The average molecular weight is 1070 g/mol. The van der Waals surface area contributed by atoms with Crippen molar-refractivity contribution >= 4 is 32.8 Å². The highest BCUT2D eigenvalue weighted by Crippen LogP contribution is 2.48. The normalized spacial score (nSPS) is 15.9. The Morgan fingerprint density at radius 1 is 0.481 bits per heavy atom. The number of ether oxygens (including phenoxy) is 1. The summed E-state index contributed by atoms with van der Waals surface area (Å²) in [6, 6.07) is 33.1. The van der Waals surface area contributed by atoms with Crippen molar-refractivity contribution in [1.29, 1.82) is 0 Å². The molecule has 0 bridgehead atoms. The van der Waals surface area contributed by atoms with Gasteiger partial charge in [-0.25, -0.2) is 4.98 Å². The first-order valence-electron chi connectivity index (χ1n) is 36.1. The van der Waals surface area contributed by atoms with Gasteiger partial charge >= 0.3 is 0 Å². The molecule has 0 saturated heterocycles. The summed E-state index contributed by atoms with van der Waals surface area (Å²) < 4.78 is 189. The van der Waals surface area contributed by atoms with E-state index >= 15 is 0 Å². The van der Waals surface area contributed by atoms with E-state index in [0.717, 1.165) is 32.9 Å². The number of aromatic nitrogens is 4. The van der Waals surface area contributed by atoms with Gasteiger partial charge in [0.05, 0.1) is 51.3 Å². The summed E-state index contributed by atoms with van der Waals surface area (Å²) in [6.45, 7) is 6.62. The van der Waals surface area contributed by atoms with Crippen LogP contribution in [-0.4, -0.2) is 14.1 Å². The van der Waals surface area contributed by atoms with E-state index in [4.69, 9.17) is 22.1 Å². The fraction of sp³-hybridized carbons (Fsp3) is 0.132. The van der Waals surface area contributed by atoms with E-state index < -0.39 is 109 Å². The molecular formula is C76H62N4O. The van der Waals surface area contributed by atoms with Crippen LogP contribution < -0.4 is 9.30 Å². The molecule has 392 valence electrons. The lowest BCUT2D eigenvalue weighted by Gasteiger charge is -2.23. The molecule has 0 aliphatic carbocycles. The second kappa shape index (κ2) is 19.1. The zero-order chi connectivity index (χ0) is 71.6. The third-order valence-electron chi connectivity index (χ3n) is 15.3. The molecule has 0 fully saturated rings. The number of nitrogens with zero attached hydrogens (tertiary/aromatic N) is 4. The third kappa shape index (κ3) is 8.54. The number of para-hydroxylation sites is 1. The van der Waals surface area contributed by atoms with Crippen LogP contribution in [0.4, 0.5) is 0 Å². The number of hydrogen-bond donors (Lipinski definition) is 0. The van der Waals surface area contributed by atoms with Crippen LogP contribution in [0.15, 0.2) is 230 Å². The van der Waals surface area contributed by atoms with Gasteiger partial charge in [-0.05, 0) is 180 Å². The molecule has 1 aliphatic rings. The minimum atomic E-state index is -2.94. The summed E-state index contributed by atoms with van der Waals surface area (Å²) in [7, 11) is 0. The van der Waals surface area contributed by atoms with Crippen LogP contribution in [0, 0.1) is 20.0 Å². The average Bonchev–Trinajstić information content (AvgIpc) is 1.47. The van der Waals surface area contributed by atoms with Crippen LogP contribution in [0.5, 0.6) is 11.5 Å². The van der Waals surface area contributed by atoms with Gasteiger partial charge in [0.1, 0.15) is 17.3 Å². The van der Waals surface area contributed by atoms with Crippen molar-refractivity contribution in [3.8, 4) is 95.5 Å². The maximum absolute atomic E-state index is 10.1. The predicted molar refractivity (Wildman–Crippen MR) is 335 cm³/mol. The van der Waals surface area contributed by atoms with E-state index in [9.17, 15) is 13.7 Å². The van der Waals surface area contributed by atoms with E-state index in [2.05, 4.69) is 43.8 Å². The van der Waals surface area contributed by atoms with Crippen molar-refractivity contribution in [2.75, 3.05) is 0 Å². The highest BCUT2D eigenvalue weighted by Gasteiger charge is 2.29. The molecule has 0 atom stereocenters. The van der Waals surface area contributed by atoms with Crippen molar-refractivity contribution in [2.45, 2.75) is 66.1 Å². The van der Waals surface area contributed by atoms with Crippen molar-refractivity contribution in [1.82, 2.24) is 14.1 Å². The molecule has 4 heterocycles. The molecule has 0 N–H and O–H groups in total. The Morgan fingerprint density at radius 2 is 1.11 bits per heavy atom. The van der Waals surface area contributed by atoms with E-state index in [-0.39, 0.29) is 83.3 Å². The van der Waals surface area contributed by atoms with E-state index in [1.165, 1.54) is 30.3 Å². The fourth-order valence-electron chi connectivity index (χ4n) is 11.3. The zero-order valence-electron chi connectivity index (χ0n) is 64.1. The standard InChI is InChI=1S/C76H62N4O/c1-48-20-18-21-49(2)72(48)53-41-65(51-32-34-54(35-33-51)75(3,4)5)73-66(42-53)61-28-14-12-26-59(61)60-27-13-15-29-62(60)67-40-52(50-22-10-9-11-23-50)43-70-74(67)79(73)47-78(70)56-24-19-25-57(45-56)81-58-36-37-64-63-30-16-17-31-68(63)80(69(64)46-58)71-44-55(38-39-77-71)76(6,7)8/h9-46H,1-8H3/i1D3,2D3,9D,10D,11D,12D,13D,14D,15D,22D,23D,26D,27D,28D,29D. The number of rotatable bonds is 7. The first-order valence-corrected chi connectivity index (χ1v) is 26.6. The van der Waals surface area contributed by atoms with Crippen LogP contribution in [0.25, 0.3) is 117 Å². The van der Waals surface area contributed by atoms with Crippen LogP contribution in [-0.2, 0) is 10.8 Å². The predicted octanol–water partition coefficient (Wildman–Crippen LogP) is 19.5. The van der Waals surface area contributed by atoms with Crippen LogP contribution in [0.3, 0.4) is 0 Å². The number of fused-ring (bicyclic) bond motifs is 10. The molecule has 0 spiro atoms. The monoisotopic (exact) mass is 1070 g/mol. The summed E-state index contributed by atoms with van der Waals surface area (Å²) >= 11 is 0. The van der Waals surface area contributed by atoms with Gasteiger partial charge in [-0.3, -0.25) is 13.7 Å². The molecule has 5 nitrogen and oxygen atoms in total. The van der Waals surface area contributed by atoms with Crippen molar-refractivity contribution in [3.63, 3.8) is 0 Å². The number of hydrogen-bond acceptors (Lipinski definition) is 2. The molecular weight excluding hydrogens is 985 g/mol. The Bertz CT molecular complexity index is 5620. The number of benzene rings is 10. The maximum Gasteiger partial charge on any atom is 0.269 e. The van der Waals surface area contributed by atoms with Gasteiger partial charge < -0.3 is 4.74 Å². The molecule has 0 unspecified atom stereocenters. The lowest BCUT2D eigenvalue weighted by atomic mass is 9.84. The number of pyridine rings is 1. The highest BCUT2D eigenvalue weighted by molar-refractivity contribution is 6.10. The molecule has 0 amide bonds. The van der Waals surface area contributed by atoms with E-state index in [1.54, 1.807) is 51.7 Å². The van der Waals surface area contributed by atoms with E-state index in [1.807, 2.05) is 87.5 Å². The molecule has 0 radical (unpaired) electrons. The van der Waals surface area contributed by atoms with Gasteiger partial charge in [0.2, 0.25) is 0 Å². The fourth-order valence-corrected chi connectivity index (χ4v) is 11.3. The smallest absolute Gasteiger partial charge is 0.269 e. The Labute approximate surface area is 501 Å². The molecule has 0 saturated carbocycles. The van der Waals surface area contributed by atoms with Gasteiger partial charge in [-0.1, -0.05) is 193 Å². The lowest BCUT2D eigenvalue weighted by Crippen LogP contribution is -2.32. The molecule has 14 rings (SSSR count). The first kappa shape index (κ1) is 33.1.